The molecule has 2 atom stereocenters. The van der Waals surface area contributed by atoms with Crippen molar-refractivity contribution in [1.82, 2.24) is 4.90 Å². The minimum absolute atomic E-state index is 0.114. The summed E-state index contributed by atoms with van der Waals surface area (Å²) in [6.45, 7) is 6.29. The Hall–Kier alpha value is -1.35. The van der Waals surface area contributed by atoms with Crippen molar-refractivity contribution in [2.45, 2.75) is 45.6 Å². The Balaban J connectivity index is 1.90. The molecule has 21 heavy (non-hydrogen) atoms. The molecule has 1 aliphatic rings. The van der Waals surface area contributed by atoms with E-state index in [1.165, 1.54) is 6.42 Å². The van der Waals surface area contributed by atoms with Gasteiger partial charge in [0.15, 0.2) is 0 Å². The van der Waals surface area contributed by atoms with E-state index >= 15 is 0 Å². The van der Waals surface area contributed by atoms with Gasteiger partial charge in [0.25, 0.3) is 0 Å². The number of hydrogen-bond acceptors (Lipinski definition) is 2. The zero-order valence-electron chi connectivity index (χ0n) is 13.3. The van der Waals surface area contributed by atoms with E-state index in [4.69, 9.17) is 5.73 Å². The lowest BCUT2D eigenvalue weighted by atomic mass is 9.89. The molecule has 1 saturated heterocycles. The average molecular weight is 288 g/mol. The summed E-state index contributed by atoms with van der Waals surface area (Å²) in [5.74, 6) is 1.56. The maximum atomic E-state index is 12.5. The minimum Gasteiger partial charge on any atom is -0.341 e. The summed E-state index contributed by atoms with van der Waals surface area (Å²) in [6, 6.07) is 9.62. The summed E-state index contributed by atoms with van der Waals surface area (Å²) >= 11 is 0. The van der Waals surface area contributed by atoms with E-state index in [2.05, 4.69) is 13.8 Å². The first-order valence-corrected chi connectivity index (χ1v) is 8.16. The van der Waals surface area contributed by atoms with Crippen molar-refractivity contribution in [3.63, 3.8) is 0 Å². The average Bonchev–Trinajstić information content (AvgIpc) is 2.73. The summed E-state index contributed by atoms with van der Waals surface area (Å²) in [6.07, 6.45) is 4.08. The third-order valence-electron chi connectivity index (χ3n) is 4.64. The predicted molar refractivity (Wildman–Crippen MR) is 86.9 cm³/mol. The second-order valence-corrected chi connectivity index (χ2v) is 6.56. The Kier molecular flexibility index (Phi) is 5.80. The van der Waals surface area contributed by atoms with Crippen molar-refractivity contribution in [1.29, 1.82) is 0 Å². The molecule has 0 aromatic heterocycles. The topological polar surface area (TPSA) is 46.3 Å². The molecule has 0 bridgehead atoms. The molecule has 2 rings (SSSR count). The van der Waals surface area contributed by atoms with Crippen LogP contribution < -0.4 is 5.73 Å². The van der Waals surface area contributed by atoms with Crippen LogP contribution in [0.1, 0.15) is 38.7 Å². The summed E-state index contributed by atoms with van der Waals surface area (Å²) in [5, 5.41) is 0. The van der Waals surface area contributed by atoms with Crippen molar-refractivity contribution in [2.75, 3.05) is 13.1 Å². The zero-order chi connectivity index (χ0) is 15.2. The molecule has 1 unspecified atom stereocenters. The summed E-state index contributed by atoms with van der Waals surface area (Å²) in [7, 11) is 0. The van der Waals surface area contributed by atoms with Gasteiger partial charge in [-0.05, 0) is 43.1 Å². The van der Waals surface area contributed by atoms with Gasteiger partial charge in [0.05, 0.1) is 6.04 Å². The Labute approximate surface area is 128 Å². The van der Waals surface area contributed by atoms with Gasteiger partial charge in [0, 0.05) is 13.1 Å². The highest BCUT2D eigenvalue weighted by Gasteiger charge is 2.25. The van der Waals surface area contributed by atoms with Crippen LogP contribution in [0.15, 0.2) is 30.3 Å². The fraction of sp³-hybridized carbons (Fsp3) is 0.611. The lowest BCUT2D eigenvalue weighted by Gasteiger charge is -2.24. The van der Waals surface area contributed by atoms with Crippen LogP contribution in [0.2, 0.25) is 0 Å². The van der Waals surface area contributed by atoms with Crippen LogP contribution in [0.3, 0.4) is 0 Å². The third-order valence-corrected chi connectivity index (χ3v) is 4.64. The van der Waals surface area contributed by atoms with Crippen LogP contribution >= 0.6 is 0 Å². The van der Waals surface area contributed by atoms with Gasteiger partial charge < -0.3 is 10.6 Å². The van der Waals surface area contributed by atoms with E-state index in [1.807, 2.05) is 35.2 Å². The highest BCUT2D eigenvalue weighted by Crippen LogP contribution is 2.24. The summed E-state index contributed by atoms with van der Waals surface area (Å²) in [4.78, 5) is 14.5. The fourth-order valence-electron chi connectivity index (χ4n) is 3.20. The van der Waals surface area contributed by atoms with E-state index in [-0.39, 0.29) is 5.91 Å². The van der Waals surface area contributed by atoms with Crippen LogP contribution in [-0.4, -0.2) is 29.9 Å². The molecule has 1 aliphatic heterocycles. The first kappa shape index (κ1) is 16.0. The van der Waals surface area contributed by atoms with Crippen molar-refractivity contribution in [2.24, 2.45) is 17.6 Å². The van der Waals surface area contributed by atoms with Crippen LogP contribution in [0.5, 0.6) is 0 Å². The van der Waals surface area contributed by atoms with E-state index in [1.54, 1.807) is 0 Å². The number of benzene rings is 1. The standard InChI is InChI=1S/C18H28N2O/c1-14(2)16-9-6-11-20(12-10-16)18(21)17(19)13-15-7-4-3-5-8-15/h3-5,7-8,14,16-17H,6,9-13,19H2,1-2H3/t16?,17-/m1/s1. The van der Waals surface area contributed by atoms with E-state index < -0.39 is 6.04 Å². The maximum absolute atomic E-state index is 12.5. The Morgan fingerprint density at radius 3 is 2.62 bits per heavy atom. The second-order valence-electron chi connectivity index (χ2n) is 6.56. The lowest BCUT2D eigenvalue weighted by Crippen LogP contribution is -2.45. The smallest absolute Gasteiger partial charge is 0.239 e. The number of carbonyl (C=O) groups is 1. The number of likely N-dealkylation sites (tertiary alicyclic amines) is 1. The number of rotatable bonds is 4. The van der Waals surface area contributed by atoms with E-state index in [0.29, 0.717) is 12.3 Å². The number of hydrogen-bond donors (Lipinski definition) is 1. The third kappa shape index (κ3) is 4.57. The quantitative estimate of drug-likeness (QED) is 0.926. The monoisotopic (exact) mass is 288 g/mol. The van der Waals surface area contributed by atoms with E-state index in [0.717, 1.165) is 37.4 Å². The number of carbonyl (C=O) groups excluding carboxylic acids is 1. The second kappa shape index (κ2) is 7.60. The molecule has 0 aliphatic carbocycles. The summed E-state index contributed by atoms with van der Waals surface area (Å²) in [5.41, 5.74) is 7.27. The summed E-state index contributed by atoms with van der Waals surface area (Å²) < 4.78 is 0. The van der Waals surface area contributed by atoms with E-state index in [9.17, 15) is 4.79 Å². The minimum atomic E-state index is -0.414. The molecule has 1 heterocycles. The predicted octanol–water partition coefficient (Wildman–Crippen LogP) is 2.84. The van der Waals surface area contributed by atoms with Gasteiger partial charge >= 0.3 is 0 Å². The highest BCUT2D eigenvalue weighted by molar-refractivity contribution is 5.82. The highest BCUT2D eigenvalue weighted by atomic mass is 16.2. The van der Waals surface area contributed by atoms with Crippen molar-refractivity contribution in [3.05, 3.63) is 35.9 Å². The molecular formula is C18H28N2O. The molecular weight excluding hydrogens is 260 g/mol. The molecule has 0 radical (unpaired) electrons. The largest absolute Gasteiger partial charge is 0.341 e. The number of amides is 1. The molecule has 1 aromatic carbocycles. The van der Waals surface area contributed by atoms with Crippen molar-refractivity contribution >= 4 is 5.91 Å². The number of nitrogens with two attached hydrogens (primary N) is 1. The fourth-order valence-corrected chi connectivity index (χ4v) is 3.20. The maximum Gasteiger partial charge on any atom is 0.239 e. The Morgan fingerprint density at radius 2 is 1.95 bits per heavy atom. The van der Waals surface area contributed by atoms with Crippen molar-refractivity contribution in [3.8, 4) is 0 Å². The zero-order valence-corrected chi connectivity index (χ0v) is 13.3. The van der Waals surface area contributed by atoms with Crippen LogP contribution in [0.25, 0.3) is 0 Å². The lowest BCUT2D eigenvalue weighted by molar-refractivity contribution is -0.132. The molecule has 1 amide bonds. The normalized spacial score (nSPS) is 21.1. The molecule has 1 fully saturated rings. The van der Waals surface area contributed by atoms with Gasteiger partial charge in [-0.15, -0.1) is 0 Å². The molecule has 1 aromatic rings. The Morgan fingerprint density at radius 1 is 1.24 bits per heavy atom. The SMILES string of the molecule is CC(C)C1CCCN(C(=O)[C@H](N)Cc2ccccc2)CC1. The van der Waals surface area contributed by atoms with Gasteiger partial charge in [0.1, 0.15) is 0 Å². The molecule has 2 N–H and O–H groups in total. The van der Waals surface area contributed by atoms with Gasteiger partial charge in [0.2, 0.25) is 5.91 Å². The molecule has 0 spiro atoms. The van der Waals surface area contributed by atoms with Crippen molar-refractivity contribution < 1.29 is 4.79 Å². The van der Waals surface area contributed by atoms with Gasteiger partial charge in [-0.3, -0.25) is 4.79 Å². The van der Waals surface area contributed by atoms with Gasteiger partial charge in [-0.1, -0.05) is 44.2 Å². The first-order chi connectivity index (χ1) is 10.1. The van der Waals surface area contributed by atoms with Crippen LogP contribution in [0.4, 0.5) is 0 Å². The van der Waals surface area contributed by atoms with Gasteiger partial charge in [-0.25, -0.2) is 0 Å². The Bertz CT molecular complexity index is 444. The molecule has 3 nitrogen and oxygen atoms in total. The van der Waals surface area contributed by atoms with Crippen LogP contribution in [-0.2, 0) is 11.2 Å². The van der Waals surface area contributed by atoms with Crippen LogP contribution in [0, 0.1) is 11.8 Å². The molecule has 3 heteroatoms. The first-order valence-electron chi connectivity index (χ1n) is 8.16. The van der Waals surface area contributed by atoms with Gasteiger partial charge in [-0.2, -0.15) is 0 Å². The molecule has 116 valence electrons. The molecule has 0 saturated carbocycles. The number of nitrogens with zero attached hydrogens (tertiary/aromatic N) is 1.